The van der Waals surface area contributed by atoms with Gasteiger partial charge in [-0.1, -0.05) is 6.92 Å². The van der Waals surface area contributed by atoms with E-state index in [0.29, 0.717) is 12.4 Å². The number of nitrogens with one attached hydrogen (secondary N) is 1. The molecule has 1 unspecified atom stereocenters. The van der Waals surface area contributed by atoms with Gasteiger partial charge in [-0.3, -0.25) is 0 Å². The molecule has 1 N–H and O–H groups in total. The summed E-state index contributed by atoms with van der Waals surface area (Å²) in [5.74, 6) is 1.15. The van der Waals surface area contributed by atoms with E-state index in [9.17, 15) is 4.39 Å². The monoisotopic (exact) mass is 292 g/mol. The zero-order valence-electron chi connectivity index (χ0n) is 12.6. The number of nitrogens with zero attached hydrogens (tertiary/aromatic N) is 3. The summed E-state index contributed by atoms with van der Waals surface area (Å²) in [5, 5.41) is 7.37. The zero-order valence-corrected chi connectivity index (χ0v) is 12.6. The first-order valence-corrected chi connectivity index (χ1v) is 7.18. The summed E-state index contributed by atoms with van der Waals surface area (Å²) in [7, 11) is 0. The molecule has 1 aromatic heterocycles. The third-order valence-electron chi connectivity index (χ3n) is 3.30. The fraction of sp³-hybridized carbons (Fsp3) is 0.467. The highest BCUT2D eigenvalue weighted by Crippen LogP contribution is 2.26. The van der Waals surface area contributed by atoms with Crippen molar-refractivity contribution in [3.63, 3.8) is 0 Å². The highest BCUT2D eigenvalue weighted by Gasteiger charge is 2.13. The Morgan fingerprint density at radius 1 is 1.38 bits per heavy atom. The minimum Gasteiger partial charge on any atom is -0.485 e. The number of halogens is 1. The summed E-state index contributed by atoms with van der Waals surface area (Å²) in [6, 6.07) is 4.59. The van der Waals surface area contributed by atoms with E-state index in [2.05, 4.69) is 15.4 Å². The quantitative estimate of drug-likeness (QED) is 0.852. The summed E-state index contributed by atoms with van der Waals surface area (Å²) in [5.41, 5.74) is 0.805. The maximum absolute atomic E-state index is 13.5. The van der Waals surface area contributed by atoms with Crippen LogP contribution in [0.5, 0.6) is 5.75 Å². The number of rotatable bonds is 7. The van der Waals surface area contributed by atoms with Crippen LogP contribution in [0.3, 0.4) is 0 Å². The van der Waals surface area contributed by atoms with Crippen molar-refractivity contribution in [1.29, 1.82) is 0 Å². The summed E-state index contributed by atoms with van der Waals surface area (Å²) < 4.78 is 21.1. The average molecular weight is 292 g/mol. The van der Waals surface area contributed by atoms with E-state index in [0.717, 1.165) is 24.5 Å². The van der Waals surface area contributed by atoms with E-state index in [1.807, 2.05) is 20.8 Å². The van der Waals surface area contributed by atoms with Crippen molar-refractivity contribution in [2.75, 3.05) is 6.54 Å². The van der Waals surface area contributed by atoms with Gasteiger partial charge in [-0.05, 0) is 38.6 Å². The van der Waals surface area contributed by atoms with Crippen LogP contribution in [0.1, 0.15) is 38.2 Å². The Hall–Kier alpha value is -1.95. The number of aryl methyl sites for hydroxylation is 1. The first-order valence-electron chi connectivity index (χ1n) is 7.18. The lowest BCUT2D eigenvalue weighted by molar-refractivity contribution is 0.281. The van der Waals surface area contributed by atoms with Crippen LogP contribution in [0.15, 0.2) is 24.5 Å². The number of ether oxygens (including phenoxy) is 1. The van der Waals surface area contributed by atoms with Crippen molar-refractivity contribution >= 4 is 0 Å². The van der Waals surface area contributed by atoms with Crippen molar-refractivity contribution < 1.29 is 9.13 Å². The van der Waals surface area contributed by atoms with Crippen molar-refractivity contribution in [1.82, 2.24) is 20.1 Å². The van der Waals surface area contributed by atoms with E-state index in [1.54, 1.807) is 10.7 Å². The Morgan fingerprint density at radius 2 is 2.19 bits per heavy atom. The summed E-state index contributed by atoms with van der Waals surface area (Å²) in [4.78, 5) is 4.17. The number of benzene rings is 1. The minimum atomic E-state index is -0.265. The first-order chi connectivity index (χ1) is 10.2. The van der Waals surface area contributed by atoms with Crippen LogP contribution in [0.4, 0.5) is 4.39 Å². The van der Waals surface area contributed by atoms with Crippen LogP contribution in [-0.2, 0) is 13.2 Å². The van der Waals surface area contributed by atoms with Crippen LogP contribution in [0, 0.1) is 5.82 Å². The lowest BCUT2D eigenvalue weighted by Gasteiger charge is -2.17. The molecule has 0 aliphatic rings. The Balaban J connectivity index is 2.15. The molecule has 0 bridgehead atoms. The third-order valence-corrected chi connectivity index (χ3v) is 3.30. The predicted molar refractivity (Wildman–Crippen MR) is 78.5 cm³/mol. The van der Waals surface area contributed by atoms with Gasteiger partial charge in [0.25, 0.3) is 0 Å². The molecule has 1 aromatic carbocycles. The molecule has 0 saturated carbocycles. The van der Waals surface area contributed by atoms with Crippen LogP contribution >= 0.6 is 0 Å². The number of aromatic nitrogens is 3. The Bertz CT molecular complexity index is 585. The molecule has 0 fully saturated rings. The molecule has 114 valence electrons. The summed E-state index contributed by atoms with van der Waals surface area (Å²) in [6.07, 6.45) is 1.51. The fourth-order valence-electron chi connectivity index (χ4n) is 2.21. The van der Waals surface area contributed by atoms with Crippen LogP contribution in [-0.4, -0.2) is 21.3 Å². The molecule has 6 heteroatoms. The van der Waals surface area contributed by atoms with Gasteiger partial charge >= 0.3 is 0 Å². The average Bonchev–Trinajstić information content (AvgIpc) is 2.93. The van der Waals surface area contributed by atoms with Gasteiger partial charge in [0.2, 0.25) is 0 Å². The zero-order chi connectivity index (χ0) is 15.2. The topological polar surface area (TPSA) is 52.0 Å². The minimum absolute atomic E-state index is 0.0183. The molecule has 21 heavy (non-hydrogen) atoms. The molecule has 0 radical (unpaired) electrons. The molecule has 0 saturated heterocycles. The van der Waals surface area contributed by atoms with Gasteiger partial charge in [0, 0.05) is 18.2 Å². The standard InChI is InChI=1S/C15H21FN4O/c1-4-17-11(3)13-8-12(16)6-7-14(13)21-9-15-18-10-19-20(15)5-2/h6-8,10-11,17H,4-5,9H2,1-3H3. The van der Waals surface area contributed by atoms with E-state index >= 15 is 0 Å². The van der Waals surface area contributed by atoms with Crippen molar-refractivity contribution in [2.24, 2.45) is 0 Å². The molecule has 0 aliphatic heterocycles. The van der Waals surface area contributed by atoms with Crippen LogP contribution < -0.4 is 10.1 Å². The van der Waals surface area contributed by atoms with E-state index < -0.39 is 0 Å². The van der Waals surface area contributed by atoms with Gasteiger partial charge in [-0.2, -0.15) is 5.10 Å². The van der Waals surface area contributed by atoms with E-state index in [4.69, 9.17) is 4.74 Å². The van der Waals surface area contributed by atoms with Crippen molar-refractivity contribution in [2.45, 2.75) is 40.0 Å². The third kappa shape index (κ3) is 3.78. The highest BCUT2D eigenvalue weighted by molar-refractivity contribution is 5.36. The molecule has 0 spiro atoms. The molecule has 5 nitrogen and oxygen atoms in total. The molecule has 0 aliphatic carbocycles. The Labute approximate surface area is 124 Å². The number of hydrogen-bond donors (Lipinski definition) is 1. The van der Waals surface area contributed by atoms with Gasteiger partial charge in [0.05, 0.1) is 0 Å². The second-order valence-corrected chi connectivity index (χ2v) is 4.74. The first kappa shape index (κ1) is 15.4. The van der Waals surface area contributed by atoms with Gasteiger partial charge in [-0.15, -0.1) is 0 Å². The summed E-state index contributed by atoms with van der Waals surface area (Å²) >= 11 is 0. The van der Waals surface area contributed by atoms with Crippen molar-refractivity contribution in [3.05, 3.63) is 41.7 Å². The molecule has 2 aromatic rings. The molecule has 1 atom stereocenters. The maximum atomic E-state index is 13.5. The second kappa shape index (κ2) is 7.17. The molecule has 0 amide bonds. The smallest absolute Gasteiger partial charge is 0.164 e. The van der Waals surface area contributed by atoms with E-state index in [1.165, 1.54) is 18.5 Å². The van der Waals surface area contributed by atoms with Crippen LogP contribution in [0.25, 0.3) is 0 Å². The fourth-order valence-corrected chi connectivity index (χ4v) is 2.21. The highest BCUT2D eigenvalue weighted by atomic mass is 19.1. The van der Waals surface area contributed by atoms with Crippen molar-refractivity contribution in [3.8, 4) is 5.75 Å². The predicted octanol–water partition coefficient (Wildman–Crippen LogP) is 2.69. The molecule has 1 heterocycles. The molecular formula is C15H21FN4O. The lowest BCUT2D eigenvalue weighted by Crippen LogP contribution is -2.19. The maximum Gasteiger partial charge on any atom is 0.164 e. The normalized spacial score (nSPS) is 12.4. The van der Waals surface area contributed by atoms with Gasteiger partial charge in [0.1, 0.15) is 24.5 Å². The summed E-state index contributed by atoms with van der Waals surface area (Å²) in [6.45, 7) is 7.85. The van der Waals surface area contributed by atoms with Crippen LogP contribution in [0.2, 0.25) is 0 Å². The van der Waals surface area contributed by atoms with Gasteiger partial charge in [-0.25, -0.2) is 14.1 Å². The molecule has 2 rings (SSSR count). The largest absolute Gasteiger partial charge is 0.485 e. The lowest BCUT2D eigenvalue weighted by atomic mass is 10.1. The molecular weight excluding hydrogens is 271 g/mol. The Kier molecular flexibility index (Phi) is 5.27. The van der Waals surface area contributed by atoms with Gasteiger partial charge in [0.15, 0.2) is 5.82 Å². The number of hydrogen-bond acceptors (Lipinski definition) is 4. The second-order valence-electron chi connectivity index (χ2n) is 4.74. The van der Waals surface area contributed by atoms with E-state index in [-0.39, 0.29) is 11.9 Å². The van der Waals surface area contributed by atoms with Gasteiger partial charge < -0.3 is 10.1 Å². The SMILES string of the molecule is CCNC(C)c1cc(F)ccc1OCc1ncnn1CC. The Morgan fingerprint density at radius 3 is 2.90 bits per heavy atom.